The van der Waals surface area contributed by atoms with E-state index in [2.05, 4.69) is 38.3 Å². The fraction of sp³-hybridized carbons (Fsp3) is 0.294. The lowest BCUT2D eigenvalue weighted by Gasteiger charge is -2.13. The SMILES string of the molecule is C=C(COC)C(=O)OCCOc1ccc(-c2ccc(-c3ccc(OCCOC(=O)C(=C)COC)cc3)c(CC)c2)cc1. The van der Waals surface area contributed by atoms with Gasteiger partial charge >= 0.3 is 11.9 Å². The maximum absolute atomic E-state index is 11.8. The lowest BCUT2D eigenvalue weighted by atomic mass is 9.93. The zero-order valence-electron chi connectivity index (χ0n) is 24.5. The van der Waals surface area contributed by atoms with Crippen molar-refractivity contribution in [3.05, 3.63) is 96.6 Å². The van der Waals surface area contributed by atoms with Crippen molar-refractivity contribution < 1.29 is 38.0 Å². The van der Waals surface area contributed by atoms with Crippen LogP contribution in [0, 0.1) is 0 Å². The lowest BCUT2D eigenvalue weighted by molar-refractivity contribution is -0.141. The molecule has 0 N–H and O–H groups in total. The van der Waals surface area contributed by atoms with Crippen LogP contribution in [0.1, 0.15) is 12.5 Å². The normalized spacial score (nSPS) is 10.5. The summed E-state index contributed by atoms with van der Waals surface area (Å²) in [5.41, 5.74) is 6.18. The maximum Gasteiger partial charge on any atom is 0.335 e. The van der Waals surface area contributed by atoms with Crippen LogP contribution in [0.2, 0.25) is 0 Å². The molecule has 0 aliphatic carbocycles. The number of esters is 2. The maximum atomic E-state index is 11.8. The summed E-state index contributed by atoms with van der Waals surface area (Å²) in [6, 6.07) is 22.1. The fourth-order valence-electron chi connectivity index (χ4n) is 4.08. The van der Waals surface area contributed by atoms with Crippen molar-refractivity contribution in [2.24, 2.45) is 0 Å². The van der Waals surface area contributed by atoms with E-state index in [0.29, 0.717) is 11.5 Å². The molecule has 0 saturated heterocycles. The molecule has 3 rings (SSSR count). The number of rotatable bonds is 17. The molecule has 0 heterocycles. The molecule has 0 amide bonds. The van der Waals surface area contributed by atoms with E-state index in [-0.39, 0.29) is 50.8 Å². The van der Waals surface area contributed by atoms with Crippen molar-refractivity contribution in [2.75, 3.05) is 53.9 Å². The Morgan fingerprint density at radius 3 is 1.52 bits per heavy atom. The predicted octanol–water partition coefficient (Wildman–Crippen LogP) is 5.83. The van der Waals surface area contributed by atoms with E-state index in [1.54, 1.807) is 0 Å². The smallest absolute Gasteiger partial charge is 0.335 e. The van der Waals surface area contributed by atoms with Crippen molar-refractivity contribution >= 4 is 11.9 Å². The van der Waals surface area contributed by atoms with Gasteiger partial charge in [-0.3, -0.25) is 0 Å². The Morgan fingerprint density at radius 2 is 1.07 bits per heavy atom. The molecule has 0 unspecified atom stereocenters. The summed E-state index contributed by atoms with van der Waals surface area (Å²) >= 11 is 0. The molecule has 42 heavy (non-hydrogen) atoms. The minimum absolute atomic E-state index is 0.124. The first-order chi connectivity index (χ1) is 20.4. The van der Waals surface area contributed by atoms with Crippen molar-refractivity contribution in [1.29, 1.82) is 0 Å². The molecule has 222 valence electrons. The van der Waals surface area contributed by atoms with Gasteiger partial charge in [0.1, 0.15) is 37.9 Å². The van der Waals surface area contributed by atoms with Gasteiger partial charge in [-0.25, -0.2) is 9.59 Å². The molecule has 0 saturated carbocycles. The molecule has 0 radical (unpaired) electrons. The average Bonchev–Trinajstić information content (AvgIpc) is 3.01. The number of ether oxygens (including phenoxy) is 6. The highest BCUT2D eigenvalue weighted by molar-refractivity contribution is 5.88. The largest absolute Gasteiger partial charge is 0.490 e. The number of methoxy groups -OCH3 is 2. The van der Waals surface area contributed by atoms with Gasteiger partial charge in [-0.15, -0.1) is 0 Å². The molecule has 0 aliphatic rings. The Bertz CT molecular complexity index is 1340. The van der Waals surface area contributed by atoms with Crippen molar-refractivity contribution in [3.8, 4) is 33.8 Å². The molecular formula is C34H38O8. The van der Waals surface area contributed by atoms with Gasteiger partial charge < -0.3 is 28.4 Å². The van der Waals surface area contributed by atoms with Crippen molar-refractivity contribution in [2.45, 2.75) is 13.3 Å². The molecule has 0 aromatic heterocycles. The third-order valence-electron chi connectivity index (χ3n) is 6.22. The summed E-state index contributed by atoms with van der Waals surface area (Å²) in [5.74, 6) is 0.403. The Labute approximate surface area is 247 Å². The summed E-state index contributed by atoms with van der Waals surface area (Å²) in [4.78, 5) is 23.5. The number of aryl methyl sites for hydroxylation is 1. The van der Waals surface area contributed by atoms with Gasteiger partial charge in [0.15, 0.2) is 0 Å². The molecule has 8 nitrogen and oxygen atoms in total. The van der Waals surface area contributed by atoms with Crippen LogP contribution in [-0.2, 0) is 35.0 Å². The summed E-state index contributed by atoms with van der Waals surface area (Å²) < 4.78 is 31.4. The van der Waals surface area contributed by atoms with E-state index in [1.807, 2.05) is 48.5 Å². The van der Waals surface area contributed by atoms with Crippen LogP contribution in [0.15, 0.2) is 91.0 Å². The standard InChI is InChI=1S/C34H38O8/c1-6-26-21-29(27-7-12-30(13-8-27)39-17-19-41-33(35)24(2)22-37-4)11-16-32(26)28-9-14-31(15-10-28)40-18-20-42-34(36)25(3)23-38-5/h7-16,21H,2-3,6,17-20,22-23H2,1,4-5H3. The Kier molecular flexibility index (Phi) is 12.8. The first-order valence-corrected chi connectivity index (χ1v) is 13.6. The highest BCUT2D eigenvalue weighted by Gasteiger charge is 2.10. The number of hydrogen-bond donors (Lipinski definition) is 0. The zero-order valence-corrected chi connectivity index (χ0v) is 24.5. The summed E-state index contributed by atoms with van der Waals surface area (Å²) in [7, 11) is 2.99. The van der Waals surface area contributed by atoms with E-state index < -0.39 is 11.9 Å². The zero-order chi connectivity index (χ0) is 30.3. The van der Waals surface area contributed by atoms with Crippen LogP contribution in [0.5, 0.6) is 11.5 Å². The third-order valence-corrected chi connectivity index (χ3v) is 6.22. The molecule has 0 fully saturated rings. The van der Waals surface area contributed by atoms with Gasteiger partial charge in [-0.2, -0.15) is 0 Å². The predicted molar refractivity (Wildman–Crippen MR) is 162 cm³/mol. The van der Waals surface area contributed by atoms with E-state index in [0.717, 1.165) is 28.7 Å². The Balaban J connectivity index is 1.53. The van der Waals surface area contributed by atoms with Crippen LogP contribution in [0.4, 0.5) is 0 Å². The van der Waals surface area contributed by atoms with Gasteiger partial charge in [0, 0.05) is 14.2 Å². The molecule has 0 spiro atoms. The van der Waals surface area contributed by atoms with E-state index in [4.69, 9.17) is 28.4 Å². The van der Waals surface area contributed by atoms with E-state index >= 15 is 0 Å². The molecule has 3 aromatic carbocycles. The number of carbonyl (C=O) groups is 2. The minimum atomic E-state index is -0.490. The van der Waals surface area contributed by atoms with Gasteiger partial charge in [-0.05, 0) is 58.5 Å². The first-order valence-electron chi connectivity index (χ1n) is 13.6. The quantitative estimate of drug-likeness (QED) is 0.113. The van der Waals surface area contributed by atoms with Crippen LogP contribution in [0.25, 0.3) is 22.3 Å². The van der Waals surface area contributed by atoms with E-state index in [9.17, 15) is 9.59 Å². The van der Waals surface area contributed by atoms with Crippen LogP contribution in [0.3, 0.4) is 0 Å². The molecular weight excluding hydrogens is 536 g/mol. The topological polar surface area (TPSA) is 89.5 Å². The lowest BCUT2D eigenvalue weighted by Crippen LogP contribution is -2.15. The van der Waals surface area contributed by atoms with Gasteiger partial charge in [0.25, 0.3) is 0 Å². The Morgan fingerprint density at radius 1 is 0.619 bits per heavy atom. The molecule has 8 heteroatoms. The highest BCUT2D eigenvalue weighted by atomic mass is 16.6. The molecule has 3 aromatic rings. The molecule has 0 atom stereocenters. The average molecular weight is 575 g/mol. The Hall–Kier alpha value is -4.40. The third kappa shape index (κ3) is 9.61. The second-order valence-corrected chi connectivity index (χ2v) is 9.32. The summed E-state index contributed by atoms with van der Waals surface area (Å²) in [6.07, 6.45) is 0.873. The number of benzene rings is 3. The van der Waals surface area contributed by atoms with Crippen LogP contribution < -0.4 is 9.47 Å². The minimum Gasteiger partial charge on any atom is -0.490 e. The monoisotopic (exact) mass is 574 g/mol. The van der Waals surface area contributed by atoms with Gasteiger partial charge in [0.05, 0.1) is 24.4 Å². The van der Waals surface area contributed by atoms with Gasteiger partial charge in [-0.1, -0.05) is 62.5 Å². The second kappa shape index (κ2) is 16.8. The van der Waals surface area contributed by atoms with Crippen molar-refractivity contribution in [1.82, 2.24) is 0 Å². The van der Waals surface area contributed by atoms with Crippen molar-refractivity contribution in [3.63, 3.8) is 0 Å². The second-order valence-electron chi connectivity index (χ2n) is 9.32. The molecule has 0 aliphatic heterocycles. The molecule has 0 bridgehead atoms. The van der Waals surface area contributed by atoms with Gasteiger partial charge in [0.2, 0.25) is 0 Å². The highest BCUT2D eigenvalue weighted by Crippen LogP contribution is 2.31. The van der Waals surface area contributed by atoms with Crippen LogP contribution >= 0.6 is 0 Å². The van der Waals surface area contributed by atoms with Crippen LogP contribution in [-0.4, -0.2) is 65.8 Å². The fourth-order valence-corrected chi connectivity index (χ4v) is 4.08. The number of hydrogen-bond acceptors (Lipinski definition) is 8. The van der Waals surface area contributed by atoms with E-state index in [1.165, 1.54) is 19.8 Å². The summed E-state index contributed by atoms with van der Waals surface area (Å²) in [6.45, 7) is 10.4. The summed E-state index contributed by atoms with van der Waals surface area (Å²) in [5, 5.41) is 0. The number of carbonyl (C=O) groups excluding carboxylic acids is 2. The first kappa shape index (κ1) is 32.1.